The normalized spacial score (nSPS) is 12.6. The zero-order valence-corrected chi connectivity index (χ0v) is 22.8. The van der Waals surface area contributed by atoms with E-state index in [0.29, 0.717) is 15.6 Å². The maximum atomic E-state index is 13.4. The molecule has 0 fully saturated rings. The van der Waals surface area contributed by atoms with Crippen molar-refractivity contribution in [3.8, 4) is 17.1 Å². The second kappa shape index (κ2) is 11.6. The third-order valence-corrected chi connectivity index (χ3v) is 6.33. The number of hydrogen-bond donors (Lipinski definition) is 0. The Balaban J connectivity index is 1.78. The van der Waals surface area contributed by atoms with E-state index in [1.54, 1.807) is 37.3 Å². The lowest BCUT2D eigenvalue weighted by molar-refractivity contribution is -0.150. The number of esters is 1. The molecule has 0 saturated carbocycles. The molecule has 1 heterocycles. The lowest BCUT2D eigenvalue weighted by atomic mass is 10.1. The number of carbonyl (C=O) groups excluding carboxylic acids is 1. The quantitative estimate of drug-likeness (QED) is 0.169. The van der Waals surface area contributed by atoms with Gasteiger partial charge in [-0.2, -0.15) is 22.9 Å². The highest BCUT2D eigenvalue weighted by molar-refractivity contribution is 9.10. The van der Waals surface area contributed by atoms with Crippen molar-refractivity contribution < 1.29 is 27.4 Å². The van der Waals surface area contributed by atoms with Gasteiger partial charge in [0.15, 0.2) is 17.7 Å². The Morgan fingerprint density at radius 3 is 2.62 bits per heavy atom. The van der Waals surface area contributed by atoms with Crippen LogP contribution in [0.3, 0.4) is 0 Å². The Bertz CT molecular complexity index is 1620. The van der Waals surface area contributed by atoms with Gasteiger partial charge in [-0.1, -0.05) is 35.9 Å². The monoisotopic (exact) mass is 621 g/mol. The van der Waals surface area contributed by atoms with Gasteiger partial charge in [0.25, 0.3) is 5.56 Å². The first-order valence-electron chi connectivity index (χ1n) is 11.6. The highest BCUT2D eigenvalue weighted by Gasteiger charge is 2.31. The molecule has 0 bridgehead atoms. The Labute approximate surface area is 234 Å². The number of hydrogen-bond acceptors (Lipinski definition) is 6. The number of rotatable bonds is 7. The van der Waals surface area contributed by atoms with E-state index in [-0.39, 0.29) is 34.2 Å². The van der Waals surface area contributed by atoms with Crippen LogP contribution in [-0.2, 0) is 15.7 Å². The first kappa shape index (κ1) is 28.3. The zero-order valence-electron chi connectivity index (χ0n) is 20.5. The number of aromatic nitrogens is 2. The number of benzene rings is 3. The molecule has 202 valence electrons. The fourth-order valence-corrected chi connectivity index (χ4v) is 4.59. The number of nitrogens with zero attached hydrogens (tertiary/aromatic N) is 3. The van der Waals surface area contributed by atoms with Crippen LogP contribution in [0.2, 0.25) is 5.02 Å². The number of para-hydroxylation sites is 1. The van der Waals surface area contributed by atoms with Crippen molar-refractivity contribution >= 4 is 50.6 Å². The van der Waals surface area contributed by atoms with Crippen molar-refractivity contribution in [1.82, 2.24) is 9.66 Å². The minimum absolute atomic E-state index is 0.0562. The maximum absolute atomic E-state index is 13.4. The molecule has 4 rings (SSSR count). The molecule has 4 aromatic rings. The molecule has 0 N–H and O–H groups in total. The van der Waals surface area contributed by atoms with Crippen molar-refractivity contribution in [2.24, 2.45) is 5.10 Å². The molecule has 0 aliphatic heterocycles. The van der Waals surface area contributed by atoms with E-state index in [1.807, 2.05) is 0 Å². The Morgan fingerprint density at radius 2 is 1.92 bits per heavy atom. The summed E-state index contributed by atoms with van der Waals surface area (Å²) in [6, 6.07) is 14.0. The molecular weight excluding hydrogens is 603 g/mol. The standard InChI is InChI=1S/C27H20BrClF3N3O4/c1-3-38-26(37)15(2)39-23-20(28)11-16(12-21(23)29)14-33-35-24(17-7-6-8-18(13-17)27(30,31)32)34-22-10-5-4-9-19(22)25(35)36/h4-15H,3H2,1-2H3/t15-/m1/s1. The predicted molar refractivity (Wildman–Crippen MR) is 145 cm³/mol. The molecule has 0 unspecified atom stereocenters. The van der Waals surface area contributed by atoms with E-state index >= 15 is 0 Å². The third-order valence-electron chi connectivity index (χ3n) is 5.46. The fourth-order valence-electron chi connectivity index (χ4n) is 3.63. The van der Waals surface area contributed by atoms with E-state index in [2.05, 4.69) is 26.0 Å². The number of fused-ring (bicyclic) bond motifs is 1. The van der Waals surface area contributed by atoms with E-state index in [4.69, 9.17) is 21.1 Å². The molecule has 1 aromatic heterocycles. The minimum Gasteiger partial charge on any atom is -0.476 e. The van der Waals surface area contributed by atoms with Crippen LogP contribution in [0, 0.1) is 0 Å². The van der Waals surface area contributed by atoms with E-state index < -0.39 is 29.4 Å². The van der Waals surface area contributed by atoms with Gasteiger partial charge in [-0.05, 0) is 71.7 Å². The molecule has 0 saturated heterocycles. The molecule has 1 atom stereocenters. The minimum atomic E-state index is -4.58. The van der Waals surface area contributed by atoms with Crippen LogP contribution in [0.5, 0.6) is 5.75 Å². The van der Waals surface area contributed by atoms with Gasteiger partial charge in [0, 0.05) is 5.56 Å². The van der Waals surface area contributed by atoms with Crippen molar-refractivity contribution in [3.05, 3.63) is 91.6 Å². The molecule has 0 amide bonds. The number of halogens is 5. The maximum Gasteiger partial charge on any atom is 0.416 e. The molecule has 0 aliphatic carbocycles. The van der Waals surface area contributed by atoms with Crippen molar-refractivity contribution in [3.63, 3.8) is 0 Å². The molecule has 12 heteroatoms. The first-order chi connectivity index (χ1) is 18.5. The molecule has 0 aliphatic rings. The summed E-state index contributed by atoms with van der Waals surface area (Å²) < 4.78 is 52.1. The average Bonchev–Trinajstić information content (AvgIpc) is 2.89. The smallest absolute Gasteiger partial charge is 0.416 e. The topological polar surface area (TPSA) is 82.8 Å². The Morgan fingerprint density at radius 1 is 1.18 bits per heavy atom. The van der Waals surface area contributed by atoms with Crippen LogP contribution in [0.4, 0.5) is 13.2 Å². The first-order valence-corrected chi connectivity index (χ1v) is 12.7. The molecule has 39 heavy (non-hydrogen) atoms. The van der Waals surface area contributed by atoms with Crippen LogP contribution in [-0.4, -0.2) is 34.6 Å². The zero-order chi connectivity index (χ0) is 28.3. The average molecular weight is 623 g/mol. The summed E-state index contributed by atoms with van der Waals surface area (Å²) in [4.78, 5) is 29.7. The van der Waals surface area contributed by atoms with Crippen molar-refractivity contribution in [2.45, 2.75) is 26.1 Å². The van der Waals surface area contributed by atoms with Gasteiger partial charge >= 0.3 is 12.1 Å². The summed E-state index contributed by atoms with van der Waals surface area (Å²) in [7, 11) is 0. The summed E-state index contributed by atoms with van der Waals surface area (Å²) in [5.41, 5.74) is -0.665. The lowest BCUT2D eigenvalue weighted by Crippen LogP contribution is -2.26. The molecule has 0 spiro atoms. The summed E-state index contributed by atoms with van der Waals surface area (Å²) in [5.74, 6) is -0.436. The second-order valence-corrected chi connectivity index (χ2v) is 9.48. The lowest BCUT2D eigenvalue weighted by Gasteiger charge is -2.16. The Kier molecular flexibility index (Phi) is 8.41. The van der Waals surface area contributed by atoms with E-state index in [9.17, 15) is 22.8 Å². The molecule has 7 nitrogen and oxygen atoms in total. The second-order valence-electron chi connectivity index (χ2n) is 8.22. The van der Waals surface area contributed by atoms with Crippen molar-refractivity contribution in [2.75, 3.05) is 6.61 Å². The fraction of sp³-hybridized carbons (Fsp3) is 0.185. The van der Waals surface area contributed by atoms with Crippen LogP contribution in [0.15, 0.2) is 75.0 Å². The van der Waals surface area contributed by atoms with Gasteiger partial charge in [-0.3, -0.25) is 4.79 Å². The van der Waals surface area contributed by atoms with Gasteiger partial charge in [0.1, 0.15) is 0 Å². The van der Waals surface area contributed by atoms with Gasteiger partial charge in [0.05, 0.1) is 38.8 Å². The summed E-state index contributed by atoms with van der Waals surface area (Å²) in [6.45, 7) is 3.39. The summed E-state index contributed by atoms with van der Waals surface area (Å²) in [6.07, 6.45) is -4.20. The molecular formula is C27H20BrClF3N3O4. The molecule has 3 aromatic carbocycles. The highest BCUT2D eigenvalue weighted by atomic mass is 79.9. The SMILES string of the molecule is CCOC(=O)[C@@H](C)Oc1c(Cl)cc(C=Nn2c(-c3cccc(C(F)(F)F)c3)nc3ccccc3c2=O)cc1Br. The highest BCUT2D eigenvalue weighted by Crippen LogP contribution is 2.35. The van der Waals surface area contributed by atoms with Crippen LogP contribution < -0.4 is 10.3 Å². The van der Waals surface area contributed by atoms with Crippen LogP contribution in [0.25, 0.3) is 22.3 Å². The largest absolute Gasteiger partial charge is 0.476 e. The summed E-state index contributed by atoms with van der Waals surface area (Å²) in [5, 5.41) is 4.64. The van der Waals surface area contributed by atoms with E-state index in [0.717, 1.165) is 16.8 Å². The summed E-state index contributed by atoms with van der Waals surface area (Å²) >= 11 is 9.74. The van der Waals surface area contributed by atoms with Gasteiger partial charge < -0.3 is 9.47 Å². The van der Waals surface area contributed by atoms with Crippen LogP contribution >= 0.6 is 27.5 Å². The van der Waals surface area contributed by atoms with Crippen molar-refractivity contribution in [1.29, 1.82) is 0 Å². The van der Waals surface area contributed by atoms with Gasteiger partial charge in [0.2, 0.25) is 0 Å². The number of alkyl halides is 3. The van der Waals surface area contributed by atoms with Crippen LogP contribution in [0.1, 0.15) is 25.0 Å². The van der Waals surface area contributed by atoms with Gasteiger partial charge in [-0.15, -0.1) is 0 Å². The molecule has 0 radical (unpaired) electrons. The predicted octanol–water partition coefficient (Wildman–Crippen LogP) is 6.71. The van der Waals surface area contributed by atoms with E-state index in [1.165, 1.54) is 31.3 Å². The van der Waals surface area contributed by atoms with Gasteiger partial charge in [-0.25, -0.2) is 9.78 Å². The Hall–Kier alpha value is -3.70. The number of carbonyl (C=O) groups is 1. The third kappa shape index (κ3) is 6.31. The number of ether oxygens (including phenoxy) is 2.